The molecule has 0 aliphatic carbocycles. The first-order valence-corrected chi connectivity index (χ1v) is 4.81. The zero-order valence-electron chi connectivity index (χ0n) is 8.62. The second kappa shape index (κ2) is 4.97. The highest BCUT2D eigenvalue weighted by molar-refractivity contribution is 5.10. The molecule has 0 aliphatic heterocycles. The number of hydrogen-bond donors (Lipinski definition) is 1. The number of pyridine rings is 1. The Bertz CT molecular complexity index is 231. The van der Waals surface area contributed by atoms with E-state index in [4.69, 9.17) is 0 Å². The molecule has 0 fully saturated rings. The third kappa shape index (κ3) is 2.81. The summed E-state index contributed by atoms with van der Waals surface area (Å²) in [5.41, 5.74) is 1.19. The fraction of sp³-hybridized carbons (Fsp3) is 0.545. The predicted octanol–water partition coefficient (Wildman–Crippen LogP) is 2.04. The number of aromatic nitrogens is 1. The van der Waals surface area contributed by atoms with Crippen LogP contribution in [0.25, 0.3) is 0 Å². The lowest BCUT2D eigenvalue weighted by molar-refractivity contribution is 0.469. The largest absolute Gasteiger partial charge is 0.319 e. The van der Waals surface area contributed by atoms with Gasteiger partial charge in [0.25, 0.3) is 0 Å². The van der Waals surface area contributed by atoms with Gasteiger partial charge in [-0.1, -0.05) is 19.9 Å². The van der Waals surface area contributed by atoms with E-state index in [1.165, 1.54) is 5.69 Å². The Labute approximate surface area is 80.4 Å². The maximum atomic E-state index is 4.38. The van der Waals surface area contributed by atoms with Gasteiger partial charge in [0.05, 0.1) is 0 Å². The maximum Gasteiger partial charge on any atom is 0.0449 e. The Kier molecular flexibility index (Phi) is 3.90. The van der Waals surface area contributed by atoms with Crippen LogP contribution < -0.4 is 5.32 Å². The fourth-order valence-corrected chi connectivity index (χ4v) is 1.50. The van der Waals surface area contributed by atoms with Crippen molar-refractivity contribution >= 4 is 0 Å². The van der Waals surface area contributed by atoms with Crippen LogP contribution in [0.3, 0.4) is 0 Å². The van der Waals surface area contributed by atoms with E-state index in [9.17, 15) is 0 Å². The van der Waals surface area contributed by atoms with Gasteiger partial charge in [0.1, 0.15) is 0 Å². The third-order valence-corrected chi connectivity index (χ3v) is 2.30. The second-order valence-corrected chi connectivity index (χ2v) is 3.66. The third-order valence-electron chi connectivity index (χ3n) is 2.30. The summed E-state index contributed by atoms with van der Waals surface area (Å²) in [5.74, 6) is 1.15. The monoisotopic (exact) mass is 178 g/mol. The summed E-state index contributed by atoms with van der Waals surface area (Å²) in [6.45, 7) is 5.46. The van der Waals surface area contributed by atoms with Crippen molar-refractivity contribution in [3.63, 3.8) is 0 Å². The Morgan fingerprint density at radius 2 is 2.15 bits per heavy atom. The SMILES string of the molecule is CNCC(c1ccccn1)C(C)C. The number of rotatable bonds is 4. The van der Waals surface area contributed by atoms with Gasteiger partial charge in [-0.15, -0.1) is 0 Å². The van der Waals surface area contributed by atoms with Crippen LogP contribution in [0.4, 0.5) is 0 Å². The van der Waals surface area contributed by atoms with Crippen LogP contribution in [0, 0.1) is 5.92 Å². The van der Waals surface area contributed by atoms with Gasteiger partial charge in [-0.2, -0.15) is 0 Å². The Hall–Kier alpha value is -0.890. The zero-order chi connectivity index (χ0) is 9.68. The molecule has 1 N–H and O–H groups in total. The van der Waals surface area contributed by atoms with Crippen LogP contribution in [0.15, 0.2) is 24.4 Å². The van der Waals surface area contributed by atoms with Gasteiger partial charge in [-0.05, 0) is 25.1 Å². The van der Waals surface area contributed by atoms with E-state index in [-0.39, 0.29) is 0 Å². The molecule has 1 rings (SSSR count). The molecule has 0 amide bonds. The van der Waals surface area contributed by atoms with Crippen LogP contribution in [0.5, 0.6) is 0 Å². The van der Waals surface area contributed by atoms with Gasteiger partial charge in [-0.25, -0.2) is 0 Å². The molecule has 1 atom stereocenters. The van der Waals surface area contributed by atoms with E-state index >= 15 is 0 Å². The van der Waals surface area contributed by atoms with Gasteiger partial charge >= 0.3 is 0 Å². The summed E-state index contributed by atoms with van der Waals surface area (Å²) in [6, 6.07) is 6.11. The minimum atomic E-state index is 0.520. The van der Waals surface area contributed by atoms with E-state index in [0.717, 1.165) is 6.54 Å². The molecule has 2 nitrogen and oxygen atoms in total. The van der Waals surface area contributed by atoms with Gasteiger partial charge in [-0.3, -0.25) is 4.98 Å². The molecule has 1 heterocycles. The Morgan fingerprint density at radius 1 is 1.38 bits per heavy atom. The molecule has 0 saturated carbocycles. The number of hydrogen-bond acceptors (Lipinski definition) is 2. The lowest BCUT2D eigenvalue weighted by Crippen LogP contribution is -2.22. The predicted molar refractivity (Wildman–Crippen MR) is 55.7 cm³/mol. The van der Waals surface area contributed by atoms with Crippen LogP contribution >= 0.6 is 0 Å². The minimum absolute atomic E-state index is 0.520. The highest BCUT2D eigenvalue weighted by atomic mass is 14.8. The maximum absolute atomic E-state index is 4.38. The molecule has 1 unspecified atom stereocenters. The highest BCUT2D eigenvalue weighted by Gasteiger charge is 2.15. The minimum Gasteiger partial charge on any atom is -0.319 e. The molecule has 0 radical (unpaired) electrons. The molecule has 0 bridgehead atoms. The van der Waals surface area contributed by atoms with Gasteiger partial charge in [0.15, 0.2) is 0 Å². The summed E-state index contributed by atoms with van der Waals surface area (Å²) in [5, 5.41) is 3.21. The van der Waals surface area contributed by atoms with Crippen molar-refractivity contribution in [1.82, 2.24) is 10.3 Å². The molecular weight excluding hydrogens is 160 g/mol. The Balaban J connectivity index is 2.76. The first kappa shape index (κ1) is 10.2. The van der Waals surface area contributed by atoms with Crippen LogP contribution in [0.2, 0.25) is 0 Å². The summed E-state index contributed by atoms with van der Waals surface area (Å²) in [6.07, 6.45) is 1.86. The molecule has 1 aromatic rings. The van der Waals surface area contributed by atoms with Gasteiger partial charge in [0, 0.05) is 24.4 Å². The van der Waals surface area contributed by atoms with Crippen LogP contribution in [-0.2, 0) is 0 Å². The summed E-state index contributed by atoms with van der Waals surface area (Å²) in [4.78, 5) is 4.38. The van der Waals surface area contributed by atoms with Crippen molar-refractivity contribution in [2.45, 2.75) is 19.8 Å². The smallest absolute Gasteiger partial charge is 0.0449 e. The van der Waals surface area contributed by atoms with Gasteiger partial charge in [0.2, 0.25) is 0 Å². The number of likely N-dealkylation sites (N-methyl/N-ethyl adjacent to an activating group) is 1. The normalized spacial score (nSPS) is 13.2. The van der Waals surface area contributed by atoms with Crippen molar-refractivity contribution in [3.8, 4) is 0 Å². The lowest BCUT2D eigenvalue weighted by Gasteiger charge is -2.19. The number of nitrogens with one attached hydrogen (secondary N) is 1. The van der Waals surface area contributed by atoms with Crippen molar-refractivity contribution in [3.05, 3.63) is 30.1 Å². The second-order valence-electron chi connectivity index (χ2n) is 3.66. The first-order valence-electron chi connectivity index (χ1n) is 4.81. The molecule has 0 aliphatic rings. The van der Waals surface area contributed by atoms with Crippen LogP contribution in [0.1, 0.15) is 25.5 Å². The van der Waals surface area contributed by atoms with Crippen molar-refractivity contribution in [2.75, 3.05) is 13.6 Å². The number of nitrogens with zero attached hydrogens (tertiary/aromatic N) is 1. The quantitative estimate of drug-likeness (QED) is 0.763. The van der Waals surface area contributed by atoms with E-state index in [1.54, 1.807) is 0 Å². The Morgan fingerprint density at radius 3 is 2.62 bits per heavy atom. The molecule has 13 heavy (non-hydrogen) atoms. The van der Waals surface area contributed by atoms with E-state index < -0.39 is 0 Å². The van der Waals surface area contributed by atoms with Crippen molar-refractivity contribution < 1.29 is 0 Å². The van der Waals surface area contributed by atoms with E-state index in [2.05, 4.69) is 30.2 Å². The molecule has 0 saturated heterocycles. The van der Waals surface area contributed by atoms with Crippen molar-refractivity contribution in [1.29, 1.82) is 0 Å². The summed E-state index contributed by atoms with van der Waals surface area (Å²) in [7, 11) is 1.98. The molecule has 1 aromatic heterocycles. The topological polar surface area (TPSA) is 24.9 Å². The summed E-state index contributed by atoms with van der Waals surface area (Å²) < 4.78 is 0. The van der Waals surface area contributed by atoms with Crippen LogP contribution in [-0.4, -0.2) is 18.6 Å². The average molecular weight is 178 g/mol. The average Bonchev–Trinajstić information content (AvgIpc) is 2.15. The molecular formula is C11H18N2. The fourth-order valence-electron chi connectivity index (χ4n) is 1.50. The zero-order valence-corrected chi connectivity index (χ0v) is 8.62. The highest BCUT2D eigenvalue weighted by Crippen LogP contribution is 2.20. The standard InChI is InChI=1S/C11H18N2/c1-9(2)10(8-12-3)11-6-4-5-7-13-11/h4-7,9-10,12H,8H2,1-3H3. The van der Waals surface area contributed by atoms with E-state index in [0.29, 0.717) is 11.8 Å². The van der Waals surface area contributed by atoms with E-state index in [1.807, 2.05) is 25.4 Å². The lowest BCUT2D eigenvalue weighted by atomic mass is 9.92. The molecule has 0 spiro atoms. The first-order chi connectivity index (χ1) is 6.25. The van der Waals surface area contributed by atoms with Gasteiger partial charge < -0.3 is 5.32 Å². The molecule has 2 heteroatoms. The van der Waals surface area contributed by atoms with Crippen molar-refractivity contribution in [2.24, 2.45) is 5.92 Å². The molecule has 0 aromatic carbocycles. The summed E-state index contributed by atoms with van der Waals surface area (Å²) >= 11 is 0. The molecule has 72 valence electrons.